The van der Waals surface area contributed by atoms with Gasteiger partial charge in [-0.2, -0.15) is 0 Å². The van der Waals surface area contributed by atoms with Crippen molar-refractivity contribution in [3.63, 3.8) is 0 Å². The van der Waals surface area contributed by atoms with Gasteiger partial charge in [-0.25, -0.2) is 0 Å². The van der Waals surface area contributed by atoms with Crippen LogP contribution in [0.4, 0.5) is 0 Å². The van der Waals surface area contributed by atoms with Crippen molar-refractivity contribution in [1.82, 2.24) is 9.80 Å². The summed E-state index contributed by atoms with van der Waals surface area (Å²) in [5.41, 5.74) is 4.77. The molecule has 0 amide bonds. The van der Waals surface area contributed by atoms with Gasteiger partial charge in [0.2, 0.25) is 0 Å². The lowest BCUT2D eigenvalue weighted by molar-refractivity contribution is 0.179. The Hall–Kier alpha value is -0.920. The third-order valence-electron chi connectivity index (χ3n) is 3.38. The molecule has 0 aromatic heterocycles. The Kier molecular flexibility index (Phi) is 2.80. The molecule has 0 aromatic rings. The van der Waals surface area contributed by atoms with Crippen molar-refractivity contribution in [2.75, 3.05) is 6.67 Å². The molecule has 2 aliphatic rings. The summed E-state index contributed by atoms with van der Waals surface area (Å²) in [4.78, 5) is 5.04. The smallest absolute Gasteiger partial charge is 0.0909 e. The molecule has 2 rings (SSSR count). The molecule has 0 radical (unpaired) electrons. The third-order valence-corrected chi connectivity index (χ3v) is 3.38. The summed E-state index contributed by atoms with van der Waals surface area (Å²) in [5.74, 6) is 0. The Morgan fingerprint density at radius 1 is 0.941 bits per heavy atom. The second-order valence-electron chi connectivity index (χ2n) is 6.89. The van der Waals surface area contributed by atoms with Crippen molar-refractivity contribution in [3.8, 4) is 0 Å². The number of nitrogens with zero attached hydrogens (tertiary/aromatic N) is 2. The average molecular weight is 234 g/mol. The summed E-state index contributed by atoms with van der Waals surface area (Å²) in [6, 6.07) is 1.18. The summed E-state index contributed by atoms with van der Waals surface area (Å²) >= 11 is 0. The van der Waals surface area contributed by atoms with Crippen LogP contribution in [-0.2, 0) is 0 Å². The fraction of sp³-hybridized carbons (Fsp3) is 0.733. The van der Waals surface area contributed by atoms with E-state index in [1.807, 2.05) is 0 Å². The van der Waals surface area contributed by atoms with Crippen LogP contribution in [0, 0.1) is 5.41 Å². The van der Waals surface area contributed by atoms with Crippen LogP contribution in [-0.4, -0.2) is 28.6 Å². The van der Waals surface area contributed by atoms with Crippen molar-refractivity contribution in [2.24, 2.45) is 5.41 Å². The van der Waals surface area contributed by atoms with Gasteiger partial charge in [-0.15, -0.1) is 0 Å². The molecule has 0 saturated carbocycles. The van der Waals surface area contributed by atoms with E-state index in [2.05, 4.69) is 64.3 Å². The van der Waals surface area contributed by atoms with E-state index in [1.54, 1.807) is 0 Å². The van der Waals surface area contributed by atoms with Crippen LogP contribution in [0.25, 0.3) is 0 Å². The highest BCUT2D eigenvalue weighted by molar-refractivity contribution is 5.67. The van der Waals surface area contributed by atoms with Crippen molar-refractivity contribution in [3.05, 3.63) is 23.0 Å². The topological polar surface area (TPSA) is 6.48 Å². The molecule has 1 heterocycles. The fourth-order valence-electron chi connectivity index (χ4n) is 2.48. The van der Waals surface area contributed by atoms with E-state index >= 15 is 0 Å². The Morgan fingerprint density at radius 2 is 1.35 bits per heavy atom. The highest BCUT2D eigenvalue weighted by Gasteiger charge is 2.46. The lowest BCUT2D eigenvalue weighted by atomic mass is 9.95. The van der Waals surface area contributed by atoms with E-state index in [-0.39, 0.29) is 5.41 Å². The number of allylic oxidation sites excluding steroid dienone is 3. The van der Waals surface area contributed by atoms with Crippen LogP contribution in [0.3, 0.4) is 0 Å². The Labute approximate surface area is 106 Å². The van der Waals surface area contributed by atoms with Crippen LogP contribution in [0.15, 0.2) is 23.0 Å². The number of hydrogen-bond acceptors (Lipinski definition) is 2. The Morgan fingerprint density at radius 3 is 1.65 bits per heavy atom. The van der Waals surface area contributed by atoms with Gasteiger partial charge in [0.15, 0.2) is 0 Å². The first kappa shape index (κ1) is 12.5. The minimum Gasteiger partial charge on any atom is -0.349 e. The van der Waals surface area contributed by atoms with Gasteiger partial charge in [0.05, 0.1) is 18.1 Å². The molecule has 0 fully saturated rings. The molecule has 0 N–H and O–H groups in total. The lowest BCUT2D eigenvalue weighted by Gasteiger charge is -2.33. The highest BCUT2D eigenvalue weighted by Crippen LogP contribution is 2.51. The minimum atomic E-state index is 0.269. The number of rotatable bonds is 2. The summed E-state index contributed by atoms with van der Waals surface area (Å²) in [7, 11) is 0. The second kappa shape index (κ2) is 3.79. The van der Waals surface area contributed by atoms with Crippen molar-refractivity contribution >= 4 is 0 Å². The largest absolute Gasteiger partial charge is 0.349 e. The van der Waals surface area contributed by atoms with Crippen LogP contribution in [0.1, 0.15) is 48.5 Å². The van der Waals surface area contributed by atoms with Crippen LogP contribution in [0.2, 0.25) is 0 Å². The Bertz CT molecular complexity index is 354. The molecule has 2 heteroatoms. The van der Waals surface area contributed by atoms with E-state index in [1.165, 1.54) is 17.0 Å². The zero-order valence-corrected chi connectivity index (χ0v) is 12.3. The van der Waals surface area contributed by atoms with E-state index < -0.39 is 0 Å². The van der Waals surface area contributed by atoms with Gasteiger partial charge in [0, 0.05) is 17.7 Å². The third kappa shape index (κ3) is 2.22. The number of hydrogen-bond donors (Lipinski definition) is 0. The van der Waals surface area contributed by atoms with Crippen molar-refractivity contribution < 1.29 is 0 Å². The molecule has 96 valence electrons. The highest BCUT2D eigenvalue weighted by atomic mass is 15.4. The monoisotopic (exact) mass is 234 g/mol. The van der Waals surface area contributed by atoms with Gasteiger partial charge in [-0.1, -0.05) is 26.8 Å². The maximum absolute atomic E-state index is 2.52. The molecule has 0 unspecified atom stereocenters. The van der Waals surface area contributed by atoms with Gasteiger partial charge < -0.3 is 9.80 Å². The van der Waals surface area contributed by atoms with E-state index in [9.17, 15) is 0 Å². The Balaban J connectivity index is 2.23. The van der Waals surface area contributed by atoms with E-state index in [0.717, 1.165) is 6.67 Å². The van der Waals surface area contributed by atoms with Crippen molar-refractivity contribution in [2.45, 2.75) is 60.5 Å². The van der Waals surface area contributed by atoms with Gasteiger partial charge in [0.1, 0.15) is 0 Å². The second-order valence-corrected chi connectivity index (χ2v) is 6.89. The summed E-state index contributed by atoms with van der Waals surface area (Å²) in [5, 5.41) is 0. The molecule has 0 atom stereocenters. The molecule has 1 aliphatic carbocycles. The molecule has 2 nitrogen and oxygen atoms in total. The molecule has 1 aliphatic heterocycles. The lowest BCUT2D eigenvalue weighted by Crippen LogP contribution is -2.38. The summed E-state index contributed by atoms with van der Waals surface area (Å²) < 4.78 is 0. The minimum absolute atomic E-state index is 0.269. The van der Waals surface area contributed by atoms with Crippen molar-refractivity contribution in [1.29, 1.82) is 0 Å². The zero-order chi connectivity index (χ0) is 13.0. The molecule has 17 heavy (non-hydrogen) atoms. The first-order valence-corrected chi connectivity index (χ1v) is 6.73. The standard InChI is InChI=1S/C15H26N2/c1-10(2)16-9-17(11(3)4)14-12(13(14)16)8-15(5,6)7/h8,10-11H,9H2,1-7H3. The zero-order valence-electron chi connectivity index (χ0n) is 12.3. The molecule has 0 aromatic carbocycles. The summed E-state index contributed by atoms with van der Waals surface area (Å²) in [6.45, 7) is 17.0. The van der Waals surface area contributed by atoms with Gasteiger partial charge in [-0.05, 0) is 33.1 Å². The maximum Gasteiger partial charge on any atom is 0.0909 e. The predicted molar refractivity (Wildman–Crippen MR) is 73.4 cm³/mol. The average Bonchev–Trinajstić information content (AvgIpc) is 2.68. The van der Waals surface area contributed by atoms with E-state index in [0.29, 0.717) is 12.1 Å². The van der Waals surface area contributed by atoms with Gasteiger partial charge in [-0.3, -0.25) is 0 Å². The van der Waals surface area contributed by atoms with Crippen LogP contribution >= 0.6 is 0 Å². The van der Waals surface area contributed by atoms with Crippen LogP contribution in [0.5, 0.6) is 0 Å². The predicted octanol–water partition coefficient (Wildman–Crippen LogP) is 3.58. The SMILES string of the molecule is CC(C)N1CN(C(C)C)C2=C1C2=CC(C)(C)C. The molecule has 0 saturated heterocycles. The first-order valence-electron chi connectivity index (χ1n) is 6.73. The summed E-state index contributed by atoms with van der Waals surface area (Å²) in [6.07, 6.45) is 2.42. The normalized spacial score (nSPS) is 19.7. The first-order chi connectivity index (χ1) is 7.72. The van der Waals surface area contributed by atoms with Crippen LogP contribution < -0.4 is 0 Å². The quantitative estimate of drug-likeness (QED) is 0.720. The molecular weight excluding hydrogens is 208 g/mol. The fourth-order valence-corrected chi connectivity index (χ4v) is 2.48. The molecule has 0 spiro atoms. The molecular formula is C15H26N2. The van der Waals surface area contributed by atoms with E-state index in [4.69, 9.17) is 0 Å². The van der Waals surface area contributed by atoms with Gasteiger partial charge >= 0.3 is 0 Å². The molecule has 0 bridgehead atoms. The maximum atomic E-state index is 2.52. The van der Waals surface area contributed by atoms with Gasteiger partial charge in [0.25, 0.3) is 0 Å².